The van der Waals surface area contributed by atoms with E-state index in [2.05, 4.69) is 10.3 Å². The molecule has 3 nitrogen and oxygen atoms in total. The SMILES string of the molecule is Cc1cc(NC(=O)c2cc(Cl)cc(Cl)c2)cnc1Cl. The summed E-state index contributed by atoms with van der Waals surface area (Å²) in [6, 6.07) is 6.38. The van der Waals surface area contributed by atoms with Gasteiger partial charge in [0.15, 0.2) is 0 Å². The van der Waals surface area contributed by atoms with Crippen LogP contribution in [-0.4, -0.2) is 10.9 Å². The second-order valence-corrected chi connectivity index (χ2v) is 5.17. The number of carbonyl (C=O) groups excluding carboxylic acids is 1. The lowest BCUT2D eigenvalue weighted by Gasteiger charge is -2.07. The van der Waals surface area contributed by atoms with Gasteiger partial charge in [0.2, 0.25) is 0 Å². The molecule has 1 aromatic carbocycles. The molecule has 2 aromatic rings. The number of amides is 1. The molecule has 1 amide bonds. The maximum Gasteiger partial charge on any atom is 0.255 e. The van der Waals surface area contributed by atoms with Crippen molar-refractivity contribution in [3.63, 3.8) is 0 Å². The Kier molecular flexibility index (Phi) is 4.30. The minimum absolute atomic E-state index is 0.312. The van der Waals surface area contributed by atoms with Gasteiger partial charge in [-0.25, -0.2) is 4.98 Å². The molecule has 2 rings (SSSR count). The van der Waals surface area contributed by atoms with Crippen LogP contribution in [0.1, 0.15) is 15.9 Å². The quantitative estimate of drug-likeness (QED) is 0.823. The lowest BCUT2D eigenvalue weighted by molar-refractivity contribution is 0.102. The van der Waals surface area contributed by atoms with Gasteiger partial charge in [0.1, 0.15) is 5.15 Å². The number of aromatic nitrogens is 1. The molecule has 0 bridgehead atoms. The van der Waals surface area contributed by atoms with Crippen LogP contribution in [-0.2, 0) is 0 Å². The van der Waals surface area contributed by atoms with E-state index in [9.17, 15) is 4.79 Å². The van der Waals surface area contributed by atoms with Crippen molar-refractivity contribution in [3.8, 4) is 0 Å². The number of anilines is 1. The third kappa shape index (κ3) is 3.60. The molecule has 19 heavy (non-hydrogen) atoms. The van der Waals surface area contributed by atoms with Gasteiger partial charge in [-0.2, -0.15) is 0 Å². The number of nitrogens with zero attached hydrogens (tertiary/aromatic N) is 1. The number of rotatable bonds is 2. The molecule has 0 fully saturated rings. The first kappa shape index (κ1) is 14.1. The number of hydrogen-bond donors (Lipinski definition) is 1. The normalized spacial score (nSPS) is 10.3. The lowest BCUT2D eigenvalue weighted by Crippen LogP contribution is -2.12. The Hall–Kier alpha value is -1.29. The second kappa shape index (κ2) is 5.78. The van der Waals surface area contributed by atoms with Gasteiger partial charge in [-0.15, -0.1) is 0 Å². The molecule has 1 heterocycles. The molecule has 0 aliphatic heterocycles. The summed E-state index contributed by atoms with van der Waals surface area (Å²) in [4.78, 5) is 16.0. The Bertz CT molecular complexity index is 624. The van der Waals surface area contributed by atoms with Crippen LogP contribution >= 0.6 is 34.8 Å². The summed E-state index contributed by atoms with van der Waals surface area (Å²) in [6.07, 6.45) is 1.49. The Morgan fingerprint density at radius 1 is 1.11 bits per heavy atom. The molecular formula is C13H9Cl3N2O. The van der Waals surface area contributed by atoms with E-state index in [1.165, 1.54) is 6.20 Å². The first-order valence-electron chi connectivity index (χ1n) is 5.35. The number of aryl methyl sites for hydroxylation is 1. The molecule has 0 radical (unpaired) electrons. The highest BCUT2D eigenvalue weighted by atomic mass is 35.5. The minimum Gasteiger partial charge on any atom is -0.321 e. The standard InChI is InChI=1S/C13H9Cl3N2O/c1-7-2-11(6-17-12(7)16)18-13(19)8-3-9(14)5-10(15)4-8/h2-6H,1H3,(H,18,19). The van der Waals surface area contributed by atoms with E-state index in [1.54, 1.807) is 31.2 Å². The maximum atomic E-state index is 12.0. The first-order valence-corrected chi connectivity index (χ1v) is 6.48. The predicted molar refractivity (Wildman–Crippen MR) is 78.4 cm³/mol. The summed E-state index contributed by atoms with van der Waals surface area (Å²) in [5.41, 5.74) is 1.72. The summed E-state index contributed by atoms with van der Waals surface area (Å²) < 4.78 is 0. The molecule has 0 spiro atoms. The average Bonchev–Trinajstić information content (AvgIpc) is 2.32. The maximum absolute atomic E-state index is 12.0. The van der Waals surface area contributed by atoms with E-state index in [1.807, 2.05) is 0 Å². The van der Waals surface area contributed by atoms with Crippen LogP contribution in [0.5, 0.6) is 0 Å². The van der Waals surface area contributed by atoms with Crippen LogP contribution in [0.15, 0.2) is 30.5 Å². The van der Waals surface area contributed by atoms with Crippen LogP contribution in [0.3, 0.4) is 0 Å². The summed E-state index contributed by atoms with van der Waals surface area (Å²) in [6.45, 7) is 1.81. The van der Waals surface area contributed by atoms with Crippen LogP contribution in [0.25, 0.3) is 0 Å². The zero-order chi connectivity index (χ0) is 14.0. The zero-order valence-electron chi connectivity index (χ0n) is 9.88. The van der Waals surface area contributed by atoms with E-state index in [-0.39, 0.29) is 5.91 Å². The lowest BCUT2D eigenvalue weighted by atomic mass is 10.2. The number of halogens is 3. The Morgan fingerprint density at radius 2 is 1.74 bits per heavy atom. The van der Waals surface area contributed by atoms with Gasteiger partial charge in [-0.1, -0.05) is 34.8 Å². The van der Waals surface area contributed by atoms with Gasteiger partial charge in [0, 0.05) is 15.6 Å². The fraction of sp³-hybridized carbons (Fsp3) is 0.0769. The molecule has 0 saturated carbocycles. The van der Waals surface area contributed by atoms with E-state index in [0.29, 0.717) is 26.4 Å². The number of nitrogens with one attached hydrogen (secondary N) is 1. The Balaban J connectivity index is 2.22. The van der Waals surface area contributed by atoms with Crippen molar-refractivity contribution < 1.29 is 4.79 Å². The molecule has 6 heteroatoms. The zero-order valence-corrected chi connectivity index (χ0v) is 12.1. The molecule has 1 aromatic heterocycles. The van der Waals surface area contributed by atoms with Crippen molar-refractivity contribution in [2.24, 2.45) is 0 Å². The topological polar surface area (TPSA) is 42.0 Å². The third-order valence-electron chi connectivity index (χ3n) is 2.40. The molecule has 0 unspecified atom stereocenters. The number of hydrogen-bond acceptors (Lipinski definition) is 2. The van der Waals surface area contributed by atoms with Gasteiger partial charge in [0.05, 0.1) is 11.9 Å². The summed E-state index contributed by atoms with van der Waals surface area (Å²) in [7, 11) is 0. The van der Waals surface area contributed by atoms with Crippen molar-refractivity contribution in [3.05, 3.63) is 56.8 Å². The summed E-state index contributed by atoms with van der Waals surface area (Å²) in [5.74, 6) is -0.312. The van der Waals surface area contributed by atoms with E-state index in [4.69, 9.17) is 34.8 Å². The highest BCUT2D eigenvalue weighted by molar-refractivity contribution is 6.35. The molecule has 0 aliphatic carbocycles. The largest absolute Gasteiger partial charge is 0.321 e. The van der Waals surface area contributed by atoms with Crippen molar-refractivity contribution in [2.45, 2.75) is 6.92 Å². The van der Waals surface area contributed by atoms with Crippen molar-refractivity contribution in [2.75, 3.05) is 5.32 Å². The van der Waals surface area contributed by atoms with Crippen LogP contribution in [0.4, 0.5) is 5.69 Å². The summed E-state index contributed by atoms with van der Waals surface area (Å²) >= 11 is 17.5. The van der Waals surface area contributed by atoms with Crippen molar-refractivity contribution in [1.82, 2.24) is 4.98 Å². The van der Waals surface area contributed by atoms with Crippen molar-refractivity contribution in [1.29, 1.82) is 0 Å². The average molecular weight is 316 g/mol. The molecular weight excluding hydrogens is 307 g/mol. The van der Waals surface area contributed by atoms with Crippen molar-refractivity contribution >= 4 is 46.4 Å². The molecule has 98 valence electrons. The summed E-state index contributed by atoms with van der Waals surface area (Å²) in [5, 5.41) is 3.92. The van der Waals surface area contributed by atoms with E-state index in [0.717, 1.165) is 5.56 Å². The fourth-order valence-corrected chi connectivity index (χ4v) is 2.14. The monoisotopic (exact) mass is 314 g/mol. The van der Waals surface area contributed by atoms with Gasteiger partial charge >= 0.3 is 0 Å². The number of pyridine rings is 1. The predicted octanol–water partition coefficient (Wildman–Crippen LogP) is 4.60. The van der Waals surface area contributed by atoms with E-state index < -0.39 is 0 Å². The third-order valence-corrected chi connectivity index (χ3v) is 3.23. The molecule has 1 N–H and O–H groups in total. The second-order valence-electron chi connectivity index (χ2n) is 3.94. The van der Waals surface area contributed by atoms with Crippen LogP contribution < -0.4 is 5.32 Å². The Morgan fingerprint density at radius 3 is 2.32 bits per heavy atom. The van der Waals surface area contributed by atoms with Gasteiger partial charge in [0.25, 0.3) is 5.91 Å². The Labute approximate surface area is 125 Å². The smallest absolute Gasteiger partial charge is 0.255 e. The van der Waals surface area contributed by atoms with Gasteiger partial charge in [-0.3, -0.25) is 4.79 Å². The highest BCUT2D eigenvalue weighted by Crippen LogP contribution is 2.21. The molecule has 0 aliphatic rings. The van der Waals surface area contributed by atoms with Gasteiger partial charge < -0.3 is 5.32 Å². The van der Waals surface area contributed by atoms with E-state index >= 15 is 0 Å². The van der Waals surface area contributed by atoms with Crippen LogP contribution in [0.2, 0.25) is 15.2 Å². The van der Waals surface area contributed by atoms with Crippen LogP contribution in [0, 0.1) is 6.92 Å². The fourth-order valence-electron chi connectivity index (χ4n) is 1.51. The number of benzene rings is 1. The molecule has 0 atom stereocenters. The number of carbonyl (C=O) groups is 1. The first-order chi connectivity index (χ1) is 8.95. The van der Waals surface area contributed by atoms with Gasteiger partial charge in [-0.05, 0) is 36.8 Å². The molecule has 0 saturated heterocycles. The highest BCUT2D eigenvalue weighted by Gasteiger charge is 2.09. The minimum atomic E-state index is -0.312.